The van der Waals surface area contributed by atoms with Crippen LogP contribution < -0.4 is 10.2 Å². The number of amides is 1. The van der Waals surface area contributed by atoms with E-state index < -0.39 is 46.8 Å². The Kier molecular flexibility index (Phi) is 11.2. The first-order valence-corrected chi connectivity index (χ1v) is 17.4. The number of nitrogens with zero attached hydrogens (tertiary/aromatic N) is 4. The van der Waals surface area contributed by atoms with Crippen molar-refractivity contribution in [1.29, 1.82) is 0 Å². The summed E-state index contributed by atoms with van der Waals surface area (Å²) in [4.78, 5) is 25.8. The van der Waals surface area contributed by atoms with Crippen molar-refractivity contribution in [3.8, 4) is 11.1 Å². The molecule has 2 aliphatic rings. The Morgan fingerprint density at radius 2 is 1.39 bits per heavy atom. The van der Waals surface area contributed by atoms with E-state index in [-0.39, 0.29) is 25.4 Å². The van der Waals surface area contributed by atoms with Gasteiger partial charge in [-0.1, -0.05) is 66.7 Å². The molecule has 280 valence electrons. The van der Waals surface area contributed by atoms with Crippen LogP contribution in [0, 0.1) is 29.1 Å². The zero-order valence-corrected chi connectivity index (χ0v) is 28.9. The molecule has 3 atom stereocenters. The SMILES string of the molecule is O=C(NCc1cccc(-c2ccc([C@@H]3O[C@H](CN4CCN(c5ncccn5)CC4)C[C@H](c4ccc(CO)cc4)O3)cc2)c1)c1c(F)c(F)c(F)c(F)c1F. The van der Waals surface area contributed by atoms with E-state index in [9.17, 15) is 31.9 Å². The van der Waals surface area contributed by atoms with Crippen molar-refractivity contribution >= 4 is 11.9 Å². The van der Waals surface area contributed by atoms with Crippen molar-refractivity contribution in [2.75, 3.05) is 37.6 Å². The molecule has 0 radical (unpaired) electrons. The van der Waals surface area contributed by atoms with E-state index >= 15 is 0 Å². The smallest absolute Gasteiger partial charge is 0.257 e. The number of carbonyl (C=O) groups is 1. The lowest BCUT2D eigenvalue weighted by Gasteiger charge is -2.40. The third kappa shape index (κ3) is 8.11. The minimum atomic E-state index is -2.33. The summed E-state index contributed by atoms with van der Waals surface area (Å²) in [6, 6.07) is 24.1. The van der Waals surface area contributed by atoms with Gasteiger partial charge in [-0.05, 0) is 39.9 Å². The third-order valence-corrected chi connectivity index (χ3v) is 9.62. The molecule has 5 aromatic rings. The van der Waals surface area contributed by atoms with E-state index in [1.165, 1.54) is 0 Å². The van der Waals surface area contributed by atoms with Crippen molar-refractivity contribution in [1.82, 2.24) is 20.2 Å². The molecule has 9 nitrogen and oxygen atoms in total. The molecule has 0 spiro atoms. The van der Waals surface area contributed by atoms with Gasteiger partial charge in [0.2, 0.25) is 11.8 Å². The van der Waals surface area contributed by atoms with Gasteiger partial charge in [-0.3, -0.25) is 9.69 Å². The molecule has 3 heterocycles. The molecular weight excluding hydrogens is 709 g/mol. The van der Waals surface area contributed by atoms with E-state index in [1.54, 1.807) is 36.7 Å². The van der Waals surface area contributed by atoms with Crippen LogP contribution in [-0.4, -0.2) is 64.7 Å². The van der Waals surface area contributed by atoms with Crippen molar-refractivity contribution in [2.24, 2.45) is 0 Å². The molecule has 7 rings (SSSR count). The number of benzene rings is 4. The summed E-state index contributed by atoms with van der Waals surface area (Å²) in [7, 11) is 0. The zero-order valence-electron chi connectivity index (χ0n) is 28.9. The van der Waals surface area contributed by atoms with Gasteiger partial charge in [0.1, 0.15) is 5.56 Å². The van der Waals surface area contributed by atoms with Gasteiger partial charge in [0, 0.05) is 63.6 Å². The standard InChI is InChI=1S/C40H36F5N5O4/c41-33-32(34(42)36(44)37(45)35(33)43)38(52)48-21-25-3-1-4-29(19-25)26-9-11-28(12-10-26)39-53-30(20-31(54-39)27-7-5-24(23-51)6-8-27)22-49-15-17-50(18-16-49)40-46-13-2-14-47-40/h1-14,19,30-31,39,51H,15-18,20-23H2,(H,48,52)/t30-,31+,39+/m0/s1. The number of nitrogens with one attached hydrogen (secondary N) is 1. The second-order valence-electron chi connectivity index (χ2n) is 13.1. The molecule has 2 saturated heterocycles. The highest BCUT2D eigenvalue weighted by Gasteiger charge is 2.34. The summed E-state index contributed by atoms with van der Waals surface area (Å²) in [6.45, 7) is 3.67. The van der Waals surface area contributed by atoms with Gasteiger partial charge in [0.25, 0.3) is 5.91 Å². The molecule has 1 aromatic heterocycles. The van der Waals surface area contributed by atoms with Crippen LogP contribution in [0.4, 0.5) is 27.9 Å². The third-order valence-electron chi connectivity index (χ3n) is 9.62. The molecule has 1 amide bonds. The number of aliphatic hydroxyl groups is 1. The largest absolute Gasteiger partial charge is 0.392 e. The second-order valence-corrected chi connectivity index (χ2v) is 13.1. The fourth-order valence-corrected chi connectivity index (χ4v) is 6.67. The number of ether oxygens (including phenoxy) is 2. The molecule has 14 heteroatoms. The van der Waals surface area contributed by atoms with Crippen LogP contribution in [0.2, 0.25) is 0 Å². The Labute approximate surface area is 308 Å². The lowest BCUT2D eigenvalue weighted by atomic mass is 9.98. The summed E-state index contributed by atoms with van der Waals surface area (Å²) in [5.41, 5.74) is 3.16. The van der Waals surface area contributed by atoms with Gasteiger partial charge >= 0.3 is 0 Å². The highest BCUT2D eigenvalue weighted by atomic mass is 19.2. The zero-order chi connectivity index (χ0) is 37.8. The van der Waals surface area contributed by atoms with Gasteiger partial charge < -0.3 is 24.8 Å². The lowest BCUT2D eigenvalue weighted by molar-refractivity contribution is -0.253. The summed E-state index contributed by atoms with van der Waals surface area (Å²) < 4.78 is 82.1. The van der Waals surface area contributed by atoms with Gasteiger partial charge in [-0.15, -0.1) is 0 Å². The van der Waals surface area contributed by atoms with Crippen LogP contribution in [0.1, 0.15) is 51.4 Å². The van der Waals surface area contributed by atoms with E-state index in [0.29, 0.717) is 18.5 Å². The number of aromatic nitrogens is 2. The van der Waals surface area contributed by atoms with Crippen molar-refractivity contribution in [3.05, 3.63) is 148 Å². The van der Waals surface area contributed by atoms with Crippen LogP contribution in [0.25, 0.3) is 11.1 Å². The Balaban J connectivity index is 1.03. The quantitative estimate of drug-likeness (QED) is 0.0935. The number of anilines is 1. The molecular formula is C40H36F5N5O4. The van der Waals surface area contributed by atoms with E-state index in [0.717, 1.165) is 59.9 Å². The van der Waals surface area contributed by atoms with E-state index in [1.807, 2.05) is 54.6 Å². The number of carbonyl (C=O) groups excluding carboxylic acids is 1. The number of hydrogen-bond acceptors (Lipinski definition) is 8. The number of rotatable bonds is 10. The van der Waals surface area contributed by atoms with Crippen LogP contribution >= 0.6 is 0 Å². The van der Waals surface area contributed by atoms with Crippen LogP contribution in [0.3, 0.4) is 0 Å². The first kappa shape index (κ1) is 37.1. The van der Waals surface area contributed by atoms with Crippen molar-refractivity contribution < 1.29 is 41.3 Å². The molecule has 0 unspecified atom stereocenters. The molecule has 0 aliphatic carbocycles. The summed E-state index contributed by atoms with van der Waals surface area (Å²) in [6.07, 6.45) is 3.07. The number of piperazine rings is 1. The van der Waals surface area contributed by atoms with E-state index in [2.05, 4.69) is 25.1 Å². The average Bonchev–Trinajstić information content (AvgIpc) is 3.22. The Morgan fingerprint density at radius 1 is 0.741 bits per heavy atom. The van der Waals surface area contributed by atoms with Gasteiger partial charge in [0.05, 0.1) is 18.8 Å². The van der Waals surface area contributed by atoms with Gasteiger partial charge in [0.15, 0.2) is 29.6 Å². The highest BCUT2D eigenvalue weighted by Crippen LogP contribution is 2.39. The van der Waals surface area contributed by atoms with E-state index in [4.69, 9.17) is 9.47 Å². The number of halogens is 5. The van der Waals surface area contributed by atoms with Crippen LogP contribution in [0.15, 0.2) is 91.3 Å². The Bertz CT molecular complexity index is 2060. The second kappa shape index (κ2) is 16.4. The summed E-state index contributed by atoms with van der Waals surface area (Å²) >= 11 is 0. The van der Waals surface area contributed by atoms with Gasteiger partial charge in [-0.25, -0.2) is 31.9 Å². The molecule has 54 heavy (non-hydrogen) atoms. The molecule has 0 bridgehead atoms. The van der Waals surface area contributed by atoms with Gasteiger partial charge in [-0.2, -0.15) is 0 Å². The Hall–Kier alpha value is -5.28. The topological polar surface area (TPSA) is 100 Å². The predicted molar refractivity (Wildman–Crippen MR) is 188 cm³/mol. The molecule has 2 N–H and O–H groups in total. The number of aliphatic hydroxyl groups excluding tert-OH is 1. The first-order valence-electron chi connectivity index (χ1n) is 17.4. The Morgan fingerprint density at radius 3 is 2.06 bits per heavy atom. The molecule has 0 saturated carbocycles. The highest BCUT2D eigenvalue weighted by molar-refractivity contribution is 5.94. The maximum Gasteiger partial charge on any atom is 0.257 e. The maximum absolute atomic E-state index is 14.1. The molecule has 2 fully saturated rings. The fourth-order valence-electron chi connectivity index (χ4n) is 6.67. The fraction of sp³-hybridized carbons (Fsp3) is 0.275. The monoisotopic (exact) mass is 745 g/mol. The number of hydrogen-bond donors (Lipinski definition) is 2. The maximum atomic E-state index is 14.1. The van der Waals surface area contributed by atoms with Crippen molar-refractivity contribution in [2.45, 2.75) is 38.1 Å². The normalized spacial score (nSPS) is 19.1. The first-order chi connectivity index (χ1) is 26.2. The van der Waals surface area contributed by atoms with Crippen molar-refractivity contribution in [3.63, 3.8) is 0 Å². The minimum Gasteiger partial charge on any atom is -0.392 e. The predicted octanol–water partition coefficient (Wildman–Crippen LogP) is 6.63. The molecule has 2 aliphatic heterocycles. The van der Waals surface area contributed by atoms with Crippen LogP contribution in [0.5, 0.6) is 0 Å². The summed E-state index contributed by atoms with van der Waals surface area (Å²) in [5, 5.41) is 11.8. The molecule has 4 aromatic carbocycles. The lowest BCUT2D eigenvalue weighted by Crippen LogP contribution is -2.50. The van der Waals surface area contributed by atoms with Crippen LogP contribution in [-0.2, 0) is 22.6 Å². The average molecular weight is 746 g/mol. The summed E-state index contributed by atoms with van der Waals surface area (Å²) in [5.74, 6) is -11.8. The minimum absolute atomic E-state index is 0.0531.